The number of rotatable bonds is 3. The zero-order chi connectivity index (χ0) is 15.3. The van der Waals surface area contributed by atoms with E-state index >= 15 is 0 Å². The van der Waals surface area contributed by atoms with Gasteiger partial charge in [-0.05, 0) is 26.0 Å². The lowest BCUT2D eigenvalue weighted by atomic mass is 10.1. The van der Waals surface area contributed by atoms with Gasteiger partial charge in [-0.3, -0.25) is 9.59 Å². The number of nitrogens with zero attached hydrogens (tertiary/aromatic N) is 1. The minimum absolute atomic E-state index is 0.401. The van der Waals surface area contributed by atoms with Gasteiger partial charge in [0.15, 0.2) is 10.5 Å². The molecule has 0 spiro atoms. The van der Waals surface area contributed by atoms with Crippen molar-refractivity contribution in [2.24, 2.45) is 0 Å². The van der Waals surface area contributed by atoms with Crippen LogP contribution in [0.25, 0.3) is 0 Å². The second-order valence-electron chi connectivity index (χ2n) is 4.87. The molecular weight excluding hydrogens is 292 g/mol. The standard InChI is InChI=1S/C12H11F2NO4S/c1-12(2)11(17)15(20(12,18)19)6-10(16)8-4-3-7(13)5-9(8)14/h3-5H,6H2,1-2H3. The number of sulfonamides is 1. The van der Waals surface area contributed by atoms with Gasteiger partial charge in [0.25, 0.3) is 15.9 Å². The number of carbonyl (C=O) groups excluding carboxylic acids is 2. The fourth-order valence-corrected chi connectivity index (χ4v) is 3.33. The van der Waals surface area contributed by atoms with E-state index in [1.807, 2.05) is 0 Å². The first kappa shape index (κ1) is 14.6. The SMILES string of the molecule is CC1(C)C(=O)N(CC(=O)c2ccc(F)cc2F)S1(=O)=O. The van der Waals surface area contributed by atoms with Crippen LogP contribution in [-0.4, -0.2) is 35.7 Å². The summed E-state index contributed by atoms with van der Waals surface area (Å²) in [6.07, 6.45) is 0. The van der Waals surface area contributed by atoms with E-state index in [2.05, 4.69) is 0 Å². The van der Waals surface area contributed by atoms with Gasteiger partial charge in [0.2, 0.25) is 0 Å². The molecule has 0 saturated carbocycles. The normalized spacial score (nSPS) is 19.6. The molecule has 108 valence electrons. The number of amides is 1. The van der Waals surface area contributed by atoms with Crippen molar-refractivity contribution >= 4 is 21.7 Å². The highest BCUT2D eigenvalue weighted by molar-refractivity contribution is 7.94. The molecule has 1 aliphatic rings. The van der Waals surface area contributed by atoms with Gasteiger partial charge in [0.1, 0.15) is 18.2 Å². The molecule has 0 N–H and O–H groups in total. The van der Waals surface area contributed by atoms with Crippen LogP contribution < -0.4 is 0 Å². The van der Waals surface area contributed by atoms with Crippen molar-refractivity contribution in [3.8, 4) is 0 Å². The first-order valence-electron chi connectivity index (χ1n) is 5.64. The third-order valence-corrected chi connectivity index (χ3v) is 5.53. The van der Waals surface area contributed by atoms with Gasteiger partial charge in [-0.15, -0.1) is 0 Å². The summed E-state index contributed by atoms with van der Waals surface area (Å²) in [6.45, 7) is 1.67. The Labute approximate surface area is 114 Å². The summed E-state index contributed by atoms with van der Waals surface area (Å²) in [5.41, 5.74) is -0.459. The minimum Gasteiger partial charge on any atom is -0.292 e. The molecule has 1 heterocycles. The lowest BCUT2D eigenvalue weighted by molar-refractivity contribution is -0.131. The molecule has 20 heavy (non-hydrogen) atoms. The van der Waals surface area contributed by atoms with Gasteiger partial charge in [0, 0.05) is 6.07 Å². The molecule has 0 bridgehead atoms. The topological polar surface area (TPSA) is 71.5 Å². The highest BCUT2D eigenvalue weighted by Crippen LogP contribution is 2.34. The van der Waals surface area contributed by atoms with Gasteiger partial charge in [-0.1, -0.05) is 0 Å². The van der Waals surface area contributed by atoms with Crippen molar-refractivity contribution < 1.29 is 26.8 Å². The molecular formula is C12H11F2NO4S. The molecule has 1 aromatic carbocycles. The Morgan fingerprint density at radius 1 is 1.30 bits per heavy atom. The van der Waals surface area contributed by atoms with E-state index in [1.54, 1.807) is 0 Å². The predicted molar refractivity (Wildman–Crippen MR) is 65.4 cm³/mol. The van der Waals surface area contributed by atoms with Crippen molar-refractivity contribution in [1.82, 2.24) is 4.31 Å². The summed E-state index contributed by atoms with van der Waals surface area (Å²) < 4.78 is 48.5. The van der Waals surface area contributed by atoms with Crippen molar-refractivity contribution in [1.29, 1.82) is 0 Å². The summed E-state index contributed by atoms with van der Waals surface area (Å²) >= 11 is 0. The Hall–Kier alpha value is -1.83. The van der Waals surface area contributed by atoms with Gasteiger partial charge in [-0.25, -0.2) is 21.5 Å². The fraction of sp³-hybridized carbons (Fsp3) is 0.333. The van der Waals surface area contributed by atoms with Crippen LogP contribution in [0.2, 0.25) is 0 Å². The lowest BCUT2D eigenvalue weighted by Crippen LogP contribution is -2.68. The predicted octanol–water partition coefficient (Wildman–Crippen LogP) is 1.10. The number of Topliss-reactive ketones (excluding diaryl/α,β-unsaturated/α-hetero) is 1. The Bertz CT molecular complexity index is 712. The number of hydrogen-bond acceptors (Lipinski definition) is 4. The monoisotopic (exact) mass is 303 g/mol. The molecule has 1 amide bonds. The van der Waals surface area contributed by atoms with Gasteiger partial charge in [0.05, 0.1) is 5.56 Å². The van der Waals surface area contributed by atoms with Crippen LogP contribution in [0.4, 0.5) is 8.78 Å². The number of benzene rings is 1. The van der Waals surface area contributed by atoms with E-state index in [4.69, 9.17) is 0 Å². The van der Waals surface area contributed by atoms with Crippen LogP contribution >= 0.6 is 0 Å². The summed E-state index contributed by atoms with van der Waals surface area (Å²) in [7, 11) is -3.91. The zero-order valence-electron chi connectivity index (χ0n) is 10.7. The average Bonchev–Trinajstić information content (AvgIpc) is 2.34. The molecule has 8 heteroatoms. The first-order chi connectivity index (χ1) is 9.09. The fourth-order valence-electron chi connectivity index (χ4n) is 1.84. The molecule has 0 atom stereocenters. The molecule has 0 unspecified atom stereocenters. The summed E-state index contributed by atoms with van der Waals surface area (Å²) in [6, 6.07) is 2.31. The average molecular weight is 303 g/mol. The second kappa shape index (κ2) is 4.34. The Kier molecular flexibility index (Phi) is 3.16. The molecule has 0 aromatic heterocycles. The highest BCUT2D eigenvalue weighted by Gasteiger charge is 2.60. The van der Waals surface area contributed by atoms with E-state index in [1.165, 1.54) is 13.8 Å². The molecule has 2 rings (SSSR count). The number of carbonyl (C=O) groups is 2. The number of hydrogen-bond donors (Lipinski definition) is 0. The van der Waals surface area contributed by atoms with Crippen LogP contribution in [0.1, 0.15) is 24.2 Å². The molecule has 0 radical (unpaired) electrons. The lowest BCUT2D eigenvalue weighted by Gasteiger charge is -2.42. The third kappa shape index (κ3) is 1.91. The van der Waals surface area contributed by atoms with E-state index in [-0.39, 0.29) is 0 Å². The number of ketones is 1. The molecule has 1 fully saturated rings. The van der Waals surface area contributed by atoms with Crippen molar-refractivity contribution in [3.63, 3.8) is 0 Å². The zero-order valence-corrected chi connectivity index (χ0v) is 11.5. The Morgan fingerprint density at radius 2 is 1.90 bits per heavy atom. The number of halogens is 2. The molecule has 1 aromatic rings. The van der Waals surface area contributed by atoms with Crippen LogP contribution in [0, 0.1) is 11.6 Å². The largest absolute Gasteiger partial charge is 0.292 e. The van der Waals surface area contributed by atoms with Crippen LogP contribution in [0.15, 0.2) is 18.2 Å². The van der Waals surface area contributed by atoms with Crippen molar-refractivity contribution in [2.45, 2.75) is 18.6 Å². The van der Waals surface area contributed by atoms with E-state index in [0.717, 1.165) is 12.1 Å². The first-order valence-corrected chi connectivity index (χ1v) is 7.08. The van der Waals surface area contributed by atoms with Gasteiger partial charge >= 0.3 is 0 Å². The van der Waals surface area contributed by atoms with E-state index in [9.17, 15) is 26.8 Å². The van der Waals surface area contributed by atoms with Crippen LogP contribution in [0.5, 0.6) is 0 Å². The highest BCUT2D eigenvalue weighted by atomic mass is 32.2. The maximum Gasteiger partial charge on any atom is 0.259 e. The van der Waals surface area contributed by atoms with Crippen molar-refractivity contribution in [3.05, 3.63) is 35.4 Å². The van der Waals surface area contributed by atoms with Crippen molar-refractivity contribution in [2.75, 3.05) is 6.54 Å². The van der Waals surface area contributed by atoms with E-state index < -0.39 is 50.2 Å². The van der Waals surface area contributed by atoms with Crippen LogP contribution in [-0.2, 0) is 14.8 Å². The molecule has 0 aliphatic carbocycles. The Morgan fingerprint density at radius 3 is 2.40 bits per heavy atom. The summed E-state index contributed by atoms with van der Waals surface area (Å²) in [5.74, 6) is -3.59. The smallest absolute Gasteiger partial charge is 0.259 e. The summed E-state index contributed by atoms with van der Waals surface area (Å²) in [4.78, 5) is 23.4. The summed E-state index contributed by atoms with van der Waals surface area (Å²) in [5, 5.41) is 0. The molecule has 1 aliphatic heterocycles. The van der Waals surface area contributed by atoms with Gasteiger partial charge in [-0.2, -0.15) is 0 Å². The van der Waals surface area contributed by atoms with Gasteiger partial charge < -0.3 is 0 Å². The van der Waals surface area contributed by atoms with E-state index in [0.29, 0.717) is 10.4 Å². The third-order valence-electron chi connectivity index (χ3n) is 3.20. The second-order valence-corrected chi connectivity index (χ2v) is 7.29. The Balaban J connectivity index is 2.24. The quantitative estimate of drug-likeness (QED) is 0.784. The maximum atomic E-state index is 13.4. The molecule has 1 saturated heterocycles. The molecule has 5 nitrogen and oxygen atoms in total. The maximum absolute atomic E-state index is 13.4. The van der Waals surface area contributed by atoms with Crippen LogP contribution in [0.3, 0.4) is 0 Å². The minimum atomic E-state index is -3.91.